The molecular formula is C17H16ClN5O3S. The number of hydrogen-bond acceptors (Lipinski definition) is 5. The van der Waals surface area contributed by atoms with Crippen LogP contribution in [0.15, 0.2) is 59.8 Å². The number of rotatable bonds is 6. The summed E-state index contributed by atoms with van der Waals surface area (Å²) in [6, 6.07) is 13.0. The maximum absolute atomic E-state index is 12.4. The van der Waals surface area contributed by atoms with E-state index in [9.17, 15) is 13.2 Å². The Morgan fingerprint density at radius 2 is 1.93 bits per heavy atom. The zero-order valence-corrected chi connectivity index (χ0v) is 15.8. The Kier molecular flexibility index (Phi) is 5.43. The summed E-state index contributed by atoms with van der Waals surface area (Å²) in [5, 5.41) is 7.30. The molecule has 1 heterocycles. The van der Waals surface area contributed by atoms with Crippen molar-refractivity contribution in [2.24, 2.45) is 0 Å². The number of aromatic nitrogens is 3. The largest absolute Gasteiger partial charge is 0.326 e. The summed E-state index contributed by atoms with van der Waals surface area (Å²) in [7, 11) is -3.85. The molecule has 2 N–H and O–H groups in total. The number of hydrogen-bond donors (Lipinski definition) is 2. The Balaban J connectivity index is 1.71. The van der Waals surface area contributed by atoms with Gasteiger partial charge in [-0.2, -0.15) is 4.98 Å². The Labute approximate surface area is 161 Å². The van der Waals surface area contributed by atoms with Gasteiger partial charge in [0.05, 0.1) is 11.4 Å². The number of sulfonamides is 1. The van der Waals surface area contributed by atoms with Gasteiger partial charge in [0.15, 0.2) is 0 Å². The highest BCUT2D eigenvalue weighted by Crippen LogP contribution is 2.17. The van der Waals surface area contributed by atoms with Crippen LogP contribution in [0.3, 0.4) is 0 Å². The highest BCUT2D eigenvalue weighted by atomic mass is 35.5. The molecule has 8 nitrogen and oxygen atoms in total. The third kappa shape index (κ3) is 5.05. The van der Waals surface area contributed by atoms with E-state index in [1.807, 2.05) is 12.1 Å². The molecular weight excluding hydrogens is 390 g/mol. The van der Waals surface area contributed by atoms with Crippen molar-refractivity contribution < 1.29 is 13.2 Å². The van der Waals surface area contributed by atoms with Gasteiger partial charge in [-0.3, -0.25) is 4.79 Å². The second-order valence-corrected chi connectivity index (χ2v) is 7.83. The van der Waals surface area contributed by atoms with Crippen molar-refractivity contribution in [3.05, 3.63) is 65.4 Å². The van der Waals surface area contributed by atoms with E-state index in [1.165, 1.54) is 42.2 Å². The molecule has 140 valence electrons. The number of nitrogens with zero attached hydrogens (tertiary/aromatic N) is 3. The van der Waals surface area contributed by atoms with Crippen molar-refractivity contribution in [1.29, 1.82) is 0 Å². The first kappa shape index (κ1) is 18.9. The molecule has 3 rings (SSSR count). The van der Waals surface area contributed by atoms with Crippen molar-refractivity contribution in [3.63, 3.8) is 0 Å². The molecule has 27 heavy (non-hydrogen) atoms. The fourth-order valence-electron chi connectivity index (χ4n) is 2.34. The second-order valence-electron chi connectivity index (χ2n) is 5.71. The van der Waals surface area contributed by atoms with E-state index < -0.39 is 10.0 Å². The molecule has 10 heteroatoms. The number of anilines is 2. The number of amides is 1. The molecule has 0 aliphatic heterocycles. The minimum Gasteiger partial charge on any atom is -0.326 e. The van der Waals surface area contributed by atoms with Crippen LogP contribution in [0.5, 0.6) is 0 Å². The zero-order chi connectivity index (χ0) is 19.4. The van der Waals surface area contributed by atoms with Crippen LogP contribution in [-0.2, 0) is 21.4 Å². The van der Waals surface area contributed by atoms with E-state index >= 15 is 0 Å². The molecule has 0 unspecified atom stereocenters. The lowest BCUT2D eigenvalue weighted by atomic mass is 10.2. The predicted molar refractivity (Wildman–Crippen MR) is 102 cm³/mol. The molecule has 0 bridgehead atoms. The number of halogens is 1. The summed E-state index contributed by atoms with van der Waals surface area (Å²) in [6.07, 6.45) is 1.43. The number of carbonyl (C=O) groups is 1. The molecule has 2 aromatic carbocycles. The SMILES string of the molecule is CC(=O)Nc1ccc(S(=O)(=O)Nc2ncn(Cc3cccc(Cl)c3)n2)cc1. The predicted octanol–water partition coefficient (Wildman–Crippen LogP) is 2.74. The van der Waals surface area contributed by atoms with Gasteiger partial charge >= 0.3 is 0 Å². The maximum Gasteiger partial charge on any atom is 0.264 e. The first-order valence-corrected chi connectivity index (χ1v) is 9.72. The molecule has 0 radical (unpaired) electrons. The molecule has 0 saturated heterocycles. The second kappa shape index (κ2) is 7.77. The smallest absolute Gasteiger partial charge is 0.264 e. The van der Waals surface area contributed by atoms with Crippen LogP contribution < -0.4 is 10.0 Å². The summed E-state index contributed by atoms with van der Waals surface area (Å²) >= 11 is 5.95. The summed E-state index contributed by atoms with van der Waals surface area (Å²) in [5.74, 6) is -0.277. The van der Waals surface area contributed by atoms with Gasteiger partial charge in [0.2, 0.25) is 5.91 Å². The fraction of sp³-hybridized carbons (Fsp3) is 0.118. The van der Waals surface area contributed by atoms with E-state index in [1.54, 1.807) is 12.1 Å². The van der Waals surface area contributed by atoms with Crippen molar-refractivity contribution in [2.45, 2.75) is 18.4 Å². The normalized spacial score (nSPS) is 11.2. The Hall–Kier alpha value is -2.91. The van der Waals surface area contributed by atoms with Gasteiger partial charge in [-0.05, 0) is 42.0 Å². The summed E-state index contributed by atoms with van der Waals surface area (Å²) in [6.45, 7) is 1.78. The van der Waals surface area contributed by atoms with Gasteiger partial charge in [-0.25, -0.2) is 17.8 Å². The molecule has 0 saturated carbocycles. The minimum absolute atomic E-state index is 0.0304. The van der Waals surface area contributed by atoms with Crippen LogP contribution in [0.2, 0.25) is 5.02 Å². The van der Waals surface area contributed by atoms with Gasteiger partial charge in [-0.15, -0.1) is 5.10 Å². The van der Waals surface area contributed by atoms with Crippen LogP contribution in [0.4, 0.5) is 11.6 Å². The molecule has 0 aliphatic rings. The van der Waals surface area contributed by atoms with Crippen molar-refractivity contribution in [3.8, 4) is 0 Å². The number of carbonyl (C=O) groups excluding carboxylic acids is 1. The van der Waals surface area contributed by atoms with E-state index in [4.69, 9.17) is 11.6 Å². The molecule has 1 amide bonds. The lowest BCUT2D eigenvalue weighted by molar-refractivity contribution is -0.114. The number of nitrogens with one attached hydrogen (secondary N) is 2. The first-order valence-electron chi connectivity index (χ1n) is 7.86. The van der Waals surface area contributed by atoms with Gasteiger partial charge in [0, 0.05) is 17.6 Å². The molecule has 0 aliphatic carbocycles. The van der Waals surface area contributed by atoms with Gasteiger partial charge in [-0.1, -0.05) is 23.7 Å². The van der Waals surface area contributed by atoms with Gasteiger partial charge < -0.3 is 5.32 Å². The van der Waals surface area contributed by atoms with Crippen LogP contribution in [0.25, 0.3) is 0 Å². The topological polar surface area (TPSA) is 106 Å². The fourth-order valence-corrected chi connectivity index (χ4v) is 3.50. The van der Waals surface area contributed by atoms with Crippen molar-refractivity contribution >= 4 is 39.2 Å². The highest BCUT2D eigenvalue weighted by molar-refractivity contribution is 7.92. The van der Waals surface area contributed by atoms with E-state index in [0.29, 0.717) is 17.3 Å². The highest BCUT2D eigenvalue weighted by Gasteiger charge is 2.16. The lowest BCUT2D eigenvalue weighted by Crippen LogP contribution is -2.14. The monoisotopic (exact) mass is 405 g/mol. The van der Waals surface area contributed by atoms with Crippen LogP contribution in [0.1, 0.15) is 12.5 Å². The van der Waals surface area contributed by atoms with Crippen LogP contribution in [-0.4, -0.2) is 29.1 Å². The average Bonchev–Trinajstić information content (AvgIpc) is 3.01. The third-order valence-electron chi connectivity index (χ3n) is 3.48. The Bertz CT molecular complexity index is 1060. The van der Waals surface area contributed by atoms with E-state index in [2.05, 4.69) is 20.1 Å². The molecule has 0 fully saturated rings. The van der Waals surface area contributed by atoms with Crippen LogP contribution in [0, 0.1) is 0 Å². The first-order chi connectivity index (χ1) is 12.8. The van der Waals surface area contributed by atoms with Crippen molar-refractivity contribution in [2.75, 3.05) is 10.0 Å². The zero-order valence-electron chi connectivity index (χ0n) is 14.3. The maximum atomic E-state index is 12.4. The van der Waals surface area contributed by atoms with Gasteiger partial charge in [0.25, 0.3) is 16.0 Å². The number of benzene rings is 2. The average molecular weight is 406 g/mol. The summed E-state index contributed by atoms with van der Waals surface area (Å²) < 4.78 is 28.7. The van der Waals surface area contributed by atoms with Gasteiger partial charge in [0.1, 0.15) is 6.33 Å². The lowest BCUT2D eigenvalue weighted by Gasteiger charge is -2.06. The third-order valence-corrected chi connectivity index (χ3v) is 5.06. The molecule has 1 aromatic heterocycles. The Morgan fingerprint density at radius 3 is 2.59 bits per heavy atom. The molecule has 0 atom stereocenters. The van der Waals surface area contributed by atoms with E-state index in [0.717, 1.165) is 5.56 Å². The van der Waals surface area contributed by atoms with Crippen LogP contribution >= 0.6 is 11.6 Å². The molecule has 3 aromatic rings. The minimum atomic E-state index is -3.85. The molecule has 0 spiro atoms. The standard InChI is InChI=1S/C17H16ClN5O3S/c1-12(24)20-15-5-7-16(8-6-15)27(25,26)22-17-19-11-23(21-17)10-13-3-2-4-14(18)9-13/h2-9,11H,10H2,1H3,(H,20,24)(H,21,22). The quantitative estimate of drug-likeness (QED) is 0.655. The Morgan fingerprint density at radius 1 is 1.19 bits per heavy atom. The summed E-state index contributed by atoms with van der Waals surface area (Å²) in [5.41, 5.74) is 1.42. The summed E-state index contributed by atoms with van der Waals surface area (Å²) in [4.78, 5) is 15.0. The van der Waals surface area contributed by atoms with Crippen molar-refractivity contribution in [1.82, 2.24) is 14.8 Å². The van der Waals surface area contributed by atoms with E-state index in [-0.39, 0.29) is 16.8 Å².